The second-order valence-corrected chi connectivity index (χ2v) is 7.40. The molecule has 0 aliphatic carbocycles. The minimum Gasteiger partial charge on any atom is -0.489 e. The van der Waals surface area contributed by atoms with E-state index in [2.05, 4.69) is 11.4 Å². The van der Waals surface area contributed by atoms with Gasteiger partial charge in [-0.05, 0) is 60.5 Å². The SMILES string of the molecule is N#Cc1cccc(OCc2cccc(C(=O)Nc3ccc(N4CCCC4=O)c(F)c3)c2)c1. The van der Waals surface area contributed by atoms with E-state index >= 15 is 0 Å². The first-order valence-electron chi connectivity index (χ1n) is 10.2. The van der Waals surface area contributed by atoms with Crippen molar-refractivity contribution in [2.75, 3.05) is 16.8 Å². The molecule has 1 aliphatic rings. The number of nitriles is 1. The van der Waals surface area contributed by atoms with Crippen LogP contribution in [-0.4, -0.2) is 18.4 Å². The van der Waals surface area contributed by atoms with Crippen molar-refractivity contribution in [3.63, 3.8) is 0 Å². The van der Waals surface area contributed by atoms with Crippen molar-refractivity contribution in [2.24, 2.45) is 0 Å². The highest BCUT2D eigenvalue weighted by atomic mass is 19.1. The molecule has 7 heteroatoms. The van der Waals surface area contributed by atoms with E-state index in [4.69, 9.17) is 10.00 Å². The van der Waals surface area contributed by atoms with Gasteiger partial charge >= 0.3 is 0 Å². The number of rotatable bonds is 6. The summed E-state index contributed by atoms with van der Waals surface area (Å²) >= 11 is 0. The molecule has 2 amide bonds. The molecule has 6 nitrogen and oxygen atoms in total. The topological polar surface area (TPSA) is 82.4 Å². The van der Waals surface area contributed by atoms with Crippen LogP contribution < -0.4 is 15.0 Å². The summed E-state index contributed by atoms with van der Waals surface area (Å²) in [7, 11) is 0. The maximum Gasteiger partial charge on any atom is 0.255 e. The highest BCUT2D eigenvalue weighted by Crippen LogP contribution is 2.27. The molecule has 0 spiro atoms. The van der Waals surface area contributed by atoms with E-state index in [-0.39, 0.29) is 24.1 Å². The van der Waals surface area contributed by atoms with Crippen LogP contribution in [0.3, 0.4) is 0 Å². The fourth-order valence-electron chi connectivity index (χ4n) is 3.53. The van der Waals surface area contributed by atoms with Gasteiger partial charge < -0.3 is 15.0 Å². The van der Waals surface area contributed by atoms with Gasteiger partial charge in [0.2, 0.25) is 5.91 Å². The molecule has 160 valence electrons. The summed E-state index contributed by atoms with van der Waals surface area (Å²) < 4.78 is 20.2. The lowest BCUT2D eigenvalue weighted by Crippen LogP contribution is -2.24. The van der Waals surface area contributed by atoms with Crippen LogP contribution in [0.25, 0.3) is 0 Å². The zero-order valence-electron chi connectivity index (χ0n) is 17.2. The monoisotopic (exact) mass is 429 g/mol. The van der Waals surface area contributed by atoms with E-state index in [0.717, 1.165) is 5.56 Å². The van der Waals surface area contributed by atoms with Crippen LogP contribution in [0, 0.1) is 17.1 Å². The Hall–Kier alpha value is -4.18. The summed E-state index contributed by atoms with van der Waals surface area (Å²) in [5, 5.41) is 11.7. The van der Waals surface area contributed by atoms with Crippen molar-refractivity contribution in [1.29, 1.82) is 5.26 Å². The van der Waals surface area contributed by atoms with Gasteiger partial charge in [-0.1, -0.05) is 18.2 Å². The van der Waals surface area contributed by atoms with Crippen LogP contribution in [0.4, 0.5) is 15.8 Å². The van der Waals surface area contributed by atoms with Crippen molar-refractivity contribution in [3.8, 4) is 11.8 Å². The normalized spacial score (nSPS) is 13.0. The highest BCUT2D eigenvalue weighted by Gasteiger charge is 2.24. The first-order valence-corrected chi connectivity index (χ1v) is 10.2. The fourth-order valence-corrected chi connectivity index (χ4v) is 3.53. The van der Waals surface area contributed by atoms with Crippen LogP contribution >= 0.6 is 0 Å². The van der Waals surface area contributed by atoms with Gasteiger partial charge in [0.1, 0.15) is 18.2 Å². The first kappa shape index (κ1) is 21.1. The fraction of sp³-hybridized carbons (Fsp3) is 0.160. The molecule has 0 atom stereocenters. The number of nitrogens with one attached hydrogen (secondary N) is 1. The molecule has 0 radical (unpaired) electrons. The number of amides is 2. The number of nitrogens with zero attached hydrogens (tertiary/aromatic N) is 2. The number of hydrogen-bond acceptors (Lipinski definition) is 4. The zero-order chi connectivity index (χ0) is 22.5. The molecule has 1 aliphatic heterocycles. The summed E-state index contributed by atoms with van der Waals surface area (Å²) in [6.07, 6.45) is 1.13. The Kier molecular flexibility index (Phi) is 6.13. The molecule has 4 rings (SSSR count). The molecule has 3 aromatic rings. The van der Waals surface area contributed by atoms with E-state index in [1.165, 1.54) is 17.0 Å². The van der Waals surface area contributed by atoms with Gasteiger partial charge in [-0.2, -0.15) is 5.26 Å². The molecular weight excluding hydrogens is 409 g/mol. The first-order chi connectivity index (χ1) is 15.5. The van der Waals surface area contributed by atoms with E-state index in [1.54, 1.807) is 48.5 Å². The molecule has 0 unspecified atom stereocenters. The molecule has 3 aromatic carbocycles. The Morgan fingerprint density at radius 1 is 1.12 bits per heavy atom. The Balaban J connectivity index is 1.42. The molecule has 1 N–H and O–H groups in total. The standard InChI is InChI=1S/C25H20FN3O3/c26-22-14-20(9-10-23(22)29-11-3-8-24(29)30)28-25(31)19-6-1-5-18(12-19)16-32-21-7-2-4-17(13-21)15-27/h1-2,4-7,9-10,12-14H,3,8,11,16H2,(H,28,31). The number of carbonyl (C=O) groups excluding carboxylic acids is 2. The third-order valence-electron chi connectivity index (χ3n) is 5.13. The van der Waals surface area contributed by atoms with E-state index in [1.807, 2.05) is 6.07 Å². The number of benzene rings is 3. The number of carbonyl (C=O) groups is 2. The summed E-state index contributed by atoms with van der Waals surface area (Å²) in [6, 6.07) is 20.1. The van der Waals surface area contributed by atoms with Crippen molar-refractivity contribution in [2.45, 2.75) is 19.4 Å². The molecule has 0 aromatic heterocycles. The second kappa shape index (κ2) is 9.31. The van der Waals surface area contributed by atoms with Gasteiger partial charge in [0, 0.05) is 24.2 Å². The minimum atomic E-state index is -0.556. The zero-order valence-corrected chi connectivity index (χ0v) is 17.2. The van der Waals surface area contributed by atoms with Crippen LogP contribution in [-0.2, 0) is 11.4 Å². The van der Waals surface area contributed by atoms with Crippen molar-refractivity contribution in [3.05, 3.63) is 89.2 Å². The van der Waals surface area contributed by atoms with Crippen LogP contribution in [0.1, 0.15) is 34.3 Å². The van der Waals surface area contributed by atoms with Gasteiger partial charge in [-0.25, -0.2) is 4.39 Å². The van der Waals surface area contributed by atoms with Crippen LogP contribution in [0.5, 0.6) is 5.75 Å². The van der Waals surface area contributed by atoms with Gasteiger partial charge in [0.05, 0.1) is 17.3 Å². The quantitative estimate of drug-likeness (QED) is 0.618. The van der Waals surface area contributed by atoms with Gasteiger partial charge in [0.25, 0.3) is 5.91 Å². The Morgan fingerprint density at radius 2 is 1.97 bits per heavy atom. The van der Waals surface area contributed by atoms with E-state index in [9.17, 15) is 14.0 Å². The molecule has 1 fully saturated rings. The molecule has 1 saturated heterocycles. The van der Waals surface area contributed by atoms with Crippen molar-refractivity contribution < 1.29 is 18.7 Å². The van der Waals surface area contributed by atoms with Gasteiger partial charge in [-0.3, -0.25) is 9.59 Å². The highest BCUT2D eigenvalue weighted by molar-refractivity contribution is 6.04. The summed E-state index contributed by atoms with van der Waals surface area (Å²) in [5.41, 5.74) is 2.20. The molecule has 0 saturated carbocycles. The van der Waals surface area contributed by atoms with Crippen LogP contribution in [0.15, 0.2) is 66.7 Å². The van der Waals surface area contributed by atoms with Crippen molar-refractivity contribution >= 4 is 23.2 Å². The number of anilines is 2. The largest absolute Gasteiger partial charge is 0.489 e. The van der Waals surface area contributed by atoms with Gasteiger partial charge in [-0.15, -0.1) is 0 Å². The Labute approximate surface area is 184 Å². The van der Waals surface area contributed by atoms with Crippen molar-refractivity contribution in [1.82, 2.24) is 0 Å². The smallest absolute Gasteiger partial charge is 0.255 e. The maximum absolute atomic E-state index is 14.5. The molecule has 1 heterocycles. The summed E-state index contributed by atoms with van der Waals surface area (Å²) in [5.74, 6) is -0.479. The minimum absolute atomic E-state index is 0.0981. The number of hydrogen-bond donors (Lipinski definition) is 1. The lowest BCUT2D eigenvalue weighted by Gasteiger charge is -2.17. The Bertz CT molecular complexity index is 1220. The summed E-state index contributed by atoms with van der Waals surface area (Å²) in [6.45, 7) is 0.723. The lowest BCUT2D eigenvalue weighted by molar-refractivity contribution is -0.117. The predicted octanol–water partition coefficient (Wildman–Crippen LogP) is 4.66. The molecule has 0 bridgehead atoms. The molecular formula is C25H20FN3O3. The average molecular weight is 429 g/mol. The Morgan fingerprint density at radius 3 is 2.72 bits per heavy atom. The third-order valence-corrected chi connectivity index (χ3v) is 5.13. The van der Waals surface area contributed by atoms with Crippen LogP contribution in [0.2, 0.25) is 0 Å². The average Bonchev–Trinajstić information content (AvgIpc) is 3.23. The second-order valence-electron chi connectivity index (χ2n) is 7.40. The number of ether oxygens (including phenoxy) is 1. The van der Waals surface area contributed by atoms with E-state index < -0.39 is 5.82 Å². The van der Waals surface area contributed by atoms with E-state index in [0.29, 0.717) is 42.0 Å². The molecule has 32 heavy (non-hydrogen) atoms. The summed E-state index contributed by atoms with van der Waals surface area (Å²) in [4.78, 5) is 25.9. The third kappa shape index (κ3) is 4.76. The van der Waals surface area contributed by atoms with Gasteiger partial charge in [0.15, 0.2) is 0 Å². The maximum atomic E-state index is 14.5. The lowest BCUT2D eigenvalue weighted by atomic mass is 10.1. The number of halogens is 1. The predicted molar refractivity (Wildman–Crippen MR) is 118 cm³/mol.